The number of aliphatic hydroxyl groups excluding tert-OH is 1. The van der Waals surface area contributed by atoms with Gasteiger partial charge in [0.05, 0.1) is 11.1 Å². The Morgan fingerprint density at radius 1 is 0.846 bits per heavy atom. The highest BCUT2D eigenvalue weighted by Crippen LogP contribution is 2.44. The number of carbonyl (C=O) groups is 2. The lowest BCUT2D eigenvalue weighted by atomic mass is 10.1. The lowest BCUT2D eigenvalue weighted by Gasteiger charge is -2.06. The van der Waals surface area contributed by atoms with Crippen molar-refractivity contribution in [3.8, 4) is 0 Å². The molecule has 0 spiro atoms. The van der Waals surface area contributed by atoms with Crippen molar-refractivity contribution in [1.29, 1.82) is 0 Å². The van der Waals surface area contributed by atoms with Crippen LogP contribution in [0, 0.1) is 0 Å². The van der Waals surface area contributed by atoms with Gasteiger partial charge in [-0.25, -0.2) is 9.59 Å². The first-order chi connectivity index (χ1) is 12.2. The minimum absolute atomic E-state index is 0.238. The van der Waals surface area contributed by atoms with E-state index in [9.17, 15) is 14.2 Å². The van der Waals surface area contributed by atoms with Gasteiger partial charge < -0.3 is 9.84 Å². The van der Waals surface area contributed by atoms with Crippen LogP contribution in [-0.4, -0.2) is 21.9 Å². The van der Waals surface area contributed by atoms with E-state index < -0.39 is 25.8 Å². The third-order valence-electron chi connectivity index (χ3n) is 3.17. The molecule has 1 heterocycles. The third kappa shape index (κ3) is 4.49. The molecule has 2 aromatic rings. The summed E-state index contributed by atoms with van der Waals surface area (Å²) in [6.45, 7) is 0. The predicted molar refractivity (Wildman–Crippen MR) is 108 cm³/mol. The van der Waals surface area contributed by atoms with Crippen LogP contribution in [0.3, 0.4) is 0 Å². The van der Waals surface area contributed by atoms with E-state index in [1.165, 1.54) is 0 Å². The number of hydrogen-bond donors (Lipinski definition) is 2. The molecular weight excluding hydrogens is 627 g/mol. The summed E-state index contributed by atoms with van der Waals surface area (Å²) in [5.41, 5.74) is 0.944. The SMILES string of the molecule is O=C1OC(=O)c2c(Br)c(Br)c(Br)c(Br)c21.O=[P+](O)C(O)c1ccccc1. The zero-order chi connectivity index (χ0) is 19.6. The van der Waals surface area contributed by atoms with Crippen LogP contribution in [-0.2, 0) is 9.30 Å². The average Bonchev–Trinajstić information content (AvgIpc) is 2.92. The Labute approximate surface area is 182 Å². The largest absolute Gasteiger partial charge is 0.542 e. The van der Waals surface area contributed by atoms with Gasteiger partial charge in [0.15, 0.2) is 0 Å². The third-order valence-corrected chi connectivity index (χ3v) is 8.65. The second-order valence-electron chi connectivity index (χ2n) is 4.77. The van der Waals surface area contributed by atoms with Crippen LogP contribution in [0.25, 0.3) is 0 Å². The smallest absolute Gasteiger partial charge is 0.386 e. The number of ether oxygens (including phenoxy) is 1. The Morgan fingerprint density at radius 3 is 1.65 bits per heavy atom. The minimum atomic E-state index is -2.53. The first-order valence-electron chi connectivity index (χ1n) is 6.67. The van der Waals surface area contributed by atoms with E-state index in [4.69, 9.17) is 10.00 Å². The van der Waals surface area contributed by atoms with Gasteiger partial charge in [-0.15, -0.1) is 0 Å². The van der Waals surface area contributed by atoms with E-state index in [2.05, 4.69) is 68.5 Å². The summed E-state index contributed by atoms with van der Waals surface area (Å²) in [4.78, 5) is 31.3. The molecule has 0 bridgehead atoms. The van der Waals surface area contributed by atoms with Crippen molar-refractivity contribution in [3.05, 3.63) is 64.9 Å². The maximum Gasteiger partial charge on any atom is 0.542 e. The van der Waals surface area contributed by atoms with Gasteiger partial charge >= 0.3 is 25.8 Å². The van der Waals surface area contributed by atoms with Gasteiger partial charge in [0.1, 0.15) is 0 Å². The zero-order valence-electron chi connectivity index (χ0n) is 12.5. The van der Waals surface area contributed by atoms with Gasteiger partial charge in [0.25, 0.3) is 0 Å². The topological polar surface area (TPSA) is 101 Å². The molecule has 2 aromatic carbocycles. The number of halogens is 4. The number of benzene rings is 2. The number of fused-ring (bicyclic) bond motifs is 1. The minimum Gasteiger partial charge on any atom is -0.386 e. The molecule has 0 fully saturated rings. The van der Waals surface area contributed by atoms with Gasteiger partial charge in [0, 0.05) is 23.5 Å². The fourth-order valence-corrected chi connectivity index (χ4v) is 4.82. The van der Waals surface area contributed by atoms with Gasteiger partial charge in [-0.05, 0) is 68.3 Å². The Morgan fingerprint density at radius 2 is 1.27 bits per heavy atom. The van der Waals surface area contributed by atoms with E-state index in [0.717, 1.165) is 0 Å². The van der Waals surface area contributed by atoms with Crippen LogP contribution in [0.15, 0.2) is 48.2 Å². The molecule has 1 aliphatic rings. The van der Waals surface area contributed by atoms with Crippen LogP contribution in [0.5, 0.6) is 0 Å². The van der Waals surface area contributed by atoms with Gasteiger partial charge in [-0.2, -0.15) is 4.89 Å². The number of aliphatic hydroxyl groups is 1. The van der Waals surface area contributed by atoms with E-state index in [1.807, 2.05) is 0 Å². The van der Waals surface area contributed by atoms with Crippen molar-refractivity contribution in [1.82, 2.24) is 0 Å². The summed E-state index contributed by atoms with van der Waals surface area (Å²) < 4.78 is 17.2. The molecule has 11 heteroatoms. The van der Waals surface area contributed by atoms with Crippen LogP contribution in [0.1, 0.15) is 32.1 Å². The maximum atomic E-state index is 11.4. The Hall–Kier alpha value is -0.480. The number of carbonyl (C=O) groups excluding carboxylic acids is 2. The van der Waals surface area contributed by atoms with E-state index in [1.54, 1.807) is 30.3 Å². The first-order valence-corrected chi connectivity index (χ1v) is 11.1. The highest BCUT2D eigenvalue weighted by molar-refractivity contribution is 9.15. The van der Waals surface area contributed by atoms with E-state index >= 15 is 0 Å². The summed E-state index contributed by atoms with van der Waals surface area (Å²) in [7, 11) is -2.53. The fraction of sp³-hybridized carbons (Fsp3) is 0.0667. The molecule has 1 aliphatic heterocycles. The van der Waals surface area contributed by atoms with Gasteiger partial charge in [-0.3, -0.25) is 0 Å². The molecule has 136 valence electrons. The fourth-order valence-electron chi connectivity index (χ4n) is 1.95. The molecule has 0 saturated carbocycles. The van der Waals surface area contributed by atoms with Crippen molar-refractivity contribution in [2.45, 2.75) is 5.85 Å². The second-order valence-corrected chi connectivity index (χ2v) is 9.04. The molecule has 0 amide bonds. The lowest BCUT2D eigenvalue weighted by Crippen LogP contribution is -1.97. The molecule has 0 aliphatic carbocycles. The number of cyclic esters (lactones) is 2. The van der Waals surface area contributed by atoms with Crippen molar-refractivity contribution in [3.63, 3.8) is 0 Å². The van der Waals surface area contributed by atoms with E-state index in [0.29, 0.717) is 23.5 Å². The molecule has 3 rings (SSSR count). The molecule has 0 radical (unpaired) electrons. The number of rotatable bonds is 2. The highest BCUT2D eigenvalue weighted by Gasteiger charge is 2.36. The molecule has 6 nitrogen and oxygen atoms in total. The normalized spacial score (nSPS) is 14.2. The van der Waals surface area contributed by atoms with Crippen molar-refractivity contribution in [2.24, 2.45) is 0 Å². The number of hydrogen-bond acceptors (Lipinski definition) is 5. The first kappa shape index (κ1) is 21.8. The predicted octanol–water partition coefficient (Wildman–Crippen LogP) is 5.46. The molecule has 26 heavy (non-hydrogen) atoms. The van der Waals surface area contributed by atoms with Crippen molar-refractivity contribution < 1.29 is 28.9 Å². The Balaban J connectivity index is 0.000000197. The molecule has 0 aromatic heterocycles. The standard InChI is InChI=1S/C8Br4O3.C7H7O3P/c9-3-1-2(8(14)15-7(1)13)4(10)6(12)5(3)11;8-7(11(9)10)6-4-2-1-3-5-6/h;1-5,7-8H/p+1. The zero-order valence-corrected chi connectivity index (χ0v) is 19.7. The Bertz CT molecular complexity index is 858. The summed E-state index contributed by atoms with van der Waals surface area (Å²) >= 11 is 13.0. The van der Waals surface area contributed by atoms with Crippen molar-refractivity contribution >= 4 is 83.7 Å². The summed E-state index contributed by atoms with van der Waals surface area (Å²) in [6, 6.07) is 8.40. The molecule has 0 saturated heterocycles. The molecule has 2 unspecified atom stereocenters. The highest BCUT2D eigenvalue weighted by atomic mass is 79.9. The van der Waals surface area contributed by atoms with Gasteiger partial charge in [-0.1, -0.05) is 30.3 Å². The monoisotopic (exact) mass is 631 g/mol. The van der Waals surface area contributed by atoms with Crippen LogP contribution < -0.4 is 0 Å². The Kier molecular flexibility index (Phi) is 7.67. The second kappa shape index (κ2) is 9.14. The summed E-state index contributed by atoms with van der Waals surface area (Å²) in [5, 5.41) is 9.06. The maximum absolute atomic E-state index is 11.4. The van der Waals surface area contributed by atoms with Crippen molar-refractivity contribution in [2.75, 3.05) is 0 Å². The van der Waals surface area contributed by atoms with Gasteiger partial charge in [0.2, 0.25) is 0 Å². The van der Waals surface area contributed by atoms with Crippen LogP contribution >= 0.6 is 71.7 Å². The number of esters is 2. The average molecular weight is 635 g/mol. The van der Waals surface area contributed by atoms with Crippen LogP contribution in [0.4, 0.5) is 0 Å². The lowest BCUT2D eigenvalue weighted by molar-refractivity contribution is 0.0443. The molecular formula is C15H8Br4O6P+. The summed E-state index contributed by atoms with van der Waals surface area (Å²) in [5.74, 6) is -2.54. The summed E-state index contributed by atoms with van der Waals surface area (Å²) in [6.07, 6.45) is 0. The molecule has 2 N–H and O–H groups in total. The van der Waals surface area contributed by atoms with Crippen LogP contribution in [0.2, 0.25) is 0 Å². The van der Waals surface area contributed by atoms with E-state index in [-0.39, 0.29) is 11.1 Å². The quantitative estimate of drug-likeness (QED) is 0.150. The molecule has 2 atom stereocenters.